The zero-order valence-corrected chi connectivity index (χ0v) is 7.20. The molecule has 0 amide bonds. The van der Waals surface area contributed by atoms with Crippen LogP contribution in [0.15, 0.2) is 36.7 Å². The van der Waals surface area contributed by atoms with Gasteiger partial charge in [0.05, 0.1) is 5.69 Å². The van der Waals surface area contributed by atoms with E-state index in [0.717, 1.165) is 6.54 Å². The summed E-state index contributed by atoms with van der Waals surface area (Å²) in [4.78, 5) is 3.08. The van der Waals surface area contributed by atoms with Crippen molar-refractivity contribution in [1.82, 2.24) is 9.55 Å². The molecule has 0 bridgehead atoms. The van der Waals surface area contributed by atoms with Gasteiger partial charge in [-0.25, -0.2) is 0 Å². The van der Waals surface area contributed by atoms with Crippen LogP contribution in [0.1, 0.15) is 5.69 Å². The number of nitrogens with one attached hydrogen (secondary N) is 1. The monoisotopic (exact) mass is 170 g/mol. The van der Waals surface area contributed by atoms with E-state index in [1.807, 2.05) is 12.4 Å². The highest BCUT2D eigenvalue weighted by molar-refractivity contribution is 5.65. The van der Waals surface area contributed by atoms with Crippen LogP contribution in [0, 0.1) is 0 Å². The van der Waals surface area contributed by atoms with Gasteiger partial charge in [-0.05, 0) is 24.3 Å². The predicted octanol–water partition coefficient (Wildman–Crippen LogP) is 2.51. The smallest absolute Gasteiger partial charge is 0.0503 e. The summed E-state index contributed by atoms with van der Waals surface area (Å²) in [6.07, 6.45) is 8.33. The quantitative estimate of drug-likeness (QED) is 0.679. The van der Waals surface area contributed by atoms with Gasteiger partial charge in [-0.1, -0.05) is 6.08 Å². The Morgan fingerprint density at radius 2 is 2.23 bits per heavy atom. The highest BCUT2D eigenvalue weighted by Gasteiger charge is 2.10. The van der Waals surface area contributed by atoms with Crippen molar-refractivity contribution in [1.29, 1.82) is 0 Å². The number of rotatable bonds is 1. The van der Waals surface area contributed by atoms with E-state index in [-0.39, 0.29) is 0 Å². The maximum absolute atomic E-state index is 3.08. The van der Waals surface area contributed by atoms with Crippen molar-refractivity contribution in [2.45, 2.75) is 6.54 Å². The zero-order chi connectivity index (χ0) is 8.67. The first kappa shape index (κ1) is 6.78. The molecule has 2 aromatic heterocycles. The molecule has 64 valence electrons. The fourth-order valence-corrected chi connectivity index (χ4v) is 1.85. The van der Waals surface area contributed by atoms with Gasteiger partial charge in [0, 0.05) is 30.2 Å². The molecule has 0 atom stereocenters. The Labute approximate surface area is 76.5 Å². The Kier molecular flexibility index (Phi) is 1.25. The average Bonchev–Trinajstić information content (AvgIpc) is 2.79. The van der Waals surface area contributed by atoms with E-state index in [4.69, 9.17) is 0 Å². The molecule has 0 unspecified atom stereocenters. The van der Waals surface area contributed by atoms with Crippen LogP contribution in [0.4, 0.5) is 0 Å². The molecule has 1 aliphatic rings. The van der Waals surface area contributed by atoms with Gasteiger partial charge in [-0.15, -0.1) is 0 Å². The van der Waals surface area contributed by atoms with Crippen molar-refractivity contribution in [2.24, 2.45) is 0 Å². The molecule has 3 heterocycles. The molecule has 3 rings (SSSR count). The minimum Gasteiger partial charge on any atom is -0.367 e. The van der Waals surface area contributed by atoms with Gasteiger partial charge in [0.25, 0.3) is 0 Å². The second-order valence-electron chi connectivity index (χ2n) is 3.26. The summed E-state index contributed by atoms with van der Waals surface area (Å²) in [7, 11) is 0. The molecule has 2 aromatic rings. The van der Waals surface area contributed by atoms with Gasteiger partial charge in [-0.2, -0.15) is 0 Å². The second kappa shape index (κ2) is 2.39. The minimum absolute atomic E-state index is 1.00. The molecule has 0 radical (unpaired) electrons. The van der Waals surface area contributed by atoms with E-state index in [2.05, 4.69) is 39.9 Å². The van der Waals surface area contributed by atoms with Crippen molar-refractivity contribution in [2.75, 3.05) is 0 Å². The topological polar surface area (TPSA) is 20.7 Å². The lowest BCUT2D eigenvalue weighted by Crippen LogP contribution is -1.94. The molecule has 1 N–H and O–H groups in total. The Morgan fingerprint density at radius 3 is 3.08 bits per heavy atom. The van der Waals surface area contributed by atoms with Crippen LogP contribution in [0.3, 0.4) is 0 Å². The molecule has 0 saturated heterocycles. The van der Waals surface area contributed by atoms with Crippen LogP contribution in [-0.2, 0) is 6.54 Å². The first-order chi connectivity index (χ1) is 6.45. The Hall–Kier alpha value is -1.70. The molecule has 0 spiro atoms. The van der Waals surface area contributed by atoms with Gasteiger partial charge < -0.3 is 9.55 Å². The maximum Gasteiger partial charge on any atom is 0.0503 e. The standard InChI is InChI=1S/C11H10N2/c1-2-10-3-4-11(13(10)7-1)9-5-6-12-8-9/h1-6,8,12H,7H2. The molecule has 0 aromatic carbocycles. The highest BCUT2D eigenvalue weighted by atomic mass is 15.0. The number of H-pyrrole nitrogens is 1. The lowest BCUT2D eigenvalue weighted by Gasteiger charge is -2.02. The lowest BCUT2D eigenvalue weighted by molar-refractivity contribution is 0.856. The van der Waals surface area contributed by atoms with Crippen LogP contribution < -0.4 is 0 Å². The molecule has 1 aliphatic heterocycles. The third-order valence-electron chi connectivity index (χ3n) is 2.48. The fourth-order valence-electron chi connectivity index (χ4n) is 1.85. The first-order valence-electron chi connectivity index (χ1n) is 4.44. The molecule has 0 fully saturated rings. The highest BCUT2D eigenvalue weighted by Crippen LogP contribution is 2.25. The Morgan fingerprint density at radius 1 is 1.23 bits per heavy atom. The molecule has 13 heavy (non-hydrogen) atoms. The van der Waals surface area contributed by atoms with Gasteiger partial charge in [0.2, 0.25) is 0 Å². The van der Waals surface area contributed by atoms with Gasteiger partial charge in [0.15, 0.2) is 0 Å². The average molecular weight is 170 g/mol. The molecular weight excluding hydrogens is 160 g/mol. The SMILES string of the molecule is C1=Cc2ccc(-c3cc[nH]c3)n2C1. The van der Waals surface area contributed by atoms with E-state index in [9.17, 15) is 0 Å². The summed E-state index contributed by atoms with van der Waals surface area (Å²) in [5.41, 5.74) is 3.85. The lowest BCUT2D eigenvalue weighted by atomic mass is 10.2. The van der Waals surface area contributed by atoms with E-state index in [1.165, 1.54) is 17.0 Å². The van der Waals surface area contributed by atoms with Gasteiger partial charge in [-0.3, -0.25) is 0 Å². The summed E-state index contributed by atoms with van der Waals surface area (Å²) < 4.78 is 2.31. The Balaban J connectivity index is 2.18. The number of fused-ring (bicyclic) bond motifs is 1. The van der Waals surface area contributed by atoms with Crippen molar-refractivity contribution >= 4 is 6.08 Å². The largest absolute Gasteiger partial charge is 0.367 e. The summed E-state index contributed by atoms with van der Waals surface area (Å²) in [6.45, 7) is 1.00. The van der Waals surface area contributed by atoms with Crippen LogP contribution >= 0.6 is 0 Å². The summed E-state index contributed by atoms with van der Waals surface area (Å²) in [5.74, 6) is 0. The number of aromatic nitrogens is 2. The van der Waals surface area contributed by atoms with Crippen molar-refractivity contribution in [3.63, 3.8) is 0 Å². The van der Waals surface area contributed by atoms with Crippen LogP contribution in [-0.4, -0.2) is 9.55 Å². The maximum atomic E-state index is 3.08. The Bertz CT molecular complexity index is 446. The first-order valence-corrected chi connectivity index (χ1v) is 4.44. The minimum atomic E-state index is 1.00. The van der Waals surface area contributed by atoms with Crippen molar-refractivity contribution < 1.29 is 0 Å². The van der Waals surface area contributed by atoms with Crippen LogP contribution in [0.2, 0.25) is 0 Å². The fraction of sp³-hybridized carbons (Fsp3) is 0.0909. The van der Waals surface area contributed by atoms with Crippen LogP contribution in [0.5, 0.6) is 0 Å². The van der Waals surface area contributed by atoms with E-state index >= 15 is 0 Å². The summed E-state index contributed by atoms with van der Waals surface area (Å²) in [6, 6.07) is 6.43. The van der Waals surface area contributed by atoms with E-state index < -0.39 is 0 Å². The molecule has 0 aliphatic carbocycles. The molecule has 2 heteroatoms. The number of nitrogens with zero attached hydrogens (tertiary/aromatic N) is 1. The van der Waals surface area contributed by atoms with E-state index in [1.54, 1.807) is 0 Å². The molecule has 0 saturated carbocycles. The van der Waals surface area contributed by atoms with E-state index in [0.29, 0.717) is 0 Å². The predicted molar refractivity (Wildman–Crippen MR) is 53.3 cm³/mol. The van der Waals surface area contributed by atoms with Gasteiger partial charge in [0.1, 0.15) is 0 Å². The van der Waals surface area contributed by atoms with Crippen molar-refractivity contribution in [3.8, 4) is 11.3 Å². The normalized spacial score (nSPS) is 13.5. The summed E-state index contributed by atoms with van der Waals surface area (Å²) in [5, 5.41) is 0. The number of allylic oxidation sites excluding steroid dienone is 1. The van der Waals surface area contributed by atoms with Crippen molar-refractivity contribution in [3.05, 3.63) is 42.4 Å². The number of aromatic amines is 1. The third kappa shape index (κ3) is 0.886. The number of hydrogen-bond acceptors (Lipinski definition) is 0. The molecular formula is C11H10N2. The van der Waals surface area contributed by atoms with Gasteiger partial charge >= 0.3 is 0 Å². The van der Waals surface area contributed by atoms with Crippen LogP contribution in [0.25, 0.3) is 17.3 Å². The molecule has 2 nitrogen and oxygen atoms in total. The number of hydrogen-bond donors (Lipinski definition) is 1. The second-order valence-corrected chi connectivity index (χ2v) is 3.26. The summed E-state index contributed by atoms with van der Waals surface area (Å²) >= 11 is 0. The zero-order valence-electron chi connectivity index (χ0n) is 7.20. The third-order valence-corrected chi connectivity index (χ3v) is 2.48.